The summed E-state index contributed by atoms with van der Waals surface area (Å²) in [5.74, 6) is 0. The highest BCUT2D eigenvalue weighted by Gasteiger charge is 2.36. The van der Waals surface area contributed by atoms with Crippen LogP contribution in [0.2, 0.25) is 0 Å². The van der Waals surface area contributed by atoms with Gasteiger partial charge in [-0.25, -0.2) is 0 Å². The lowest BCUT2D eigenvalue weighted by Crippen LogP contribution is -2.49. The molecule has 0 aromatic carbocycles. The standard InChI is InChI=1S/C10H19NO/c1-10(5-8-12-9-10)11-6-3-2-4-7-11/h2-9H2,1H3. The summed E-state index contributed by atoms with van der Waals surface area (Å²) >= 11 is 0. The summed E-state index contributed by atoms with van der Waals surface area (Å²) in [7, 11) is 0. The van der Waals surface area contributed by atoms with Crippen molar-refractivity contribution in [3.8, 4) is 0 Å². The molecule has 12 heavy (non-hydrogen) atoms. The molecule has 0 radical (unpaired) electrons. The average molecular weight is 169 g/mol. The van der Waals surface area contributed by atoms with Gasteiger partial charge in [0, 0.05) is 12.1 Å². The van der Waals surface area contributed by atoms with Crippen molar-refractivity contribution in [3.63, 3.8) is 0 Å². The van der Waals surface area contributed by atoms with E-state index in [2.05, 4.69) is 11.8 Å². The maximum Gasteiger partial charge on any atom is 0.0648 e. The fourth-order valence-corrected chi connectivity index (χ4v) is 2.34. The summed E-state index contributed by atoms with van der Waals surface area (Å²) in [5, 5.41) is 0. The maximum atomic E-state index is 5.47. The summed E-state index contributed by atoms with van der Waals surface area (Å²) in [5.41, 5.74) is 0.375. The van der Waals surface area contributed by atoms with E-state index in [4.69, 9.17) is 4.74 Å². The highest BCUT2D eigenvalue weighted by atomic mass is 16.5. The molecule has 0 bridgehead atoms. The van der Waals surface area contributed by atoms with Crippen LogP contribution < -0.4 is 0 Å². The highest BCUT2D eigenvalue weighted by Crippen LogP contribution is 2.28. The smallest absolute Gasteiger partial charge is 0.0648 e. The second-order valence-electron chi connectivity index (χ2n) is 4.35. The van der Waals surface area contributed by atoms with E-state index >= 15 is 0 Å². The SMILES string of the molecule is CC1(N2CCCCC2)CCOC1. The number of hydrogen-bond acceptors (Lipinski definition) is 2. The Kier molecular flexibility index (Phi) is 2.37. The van der Waals surface area contributed by atoms with Gasteiger partial charge in [0.05, 0.1) is 6.61 Å². The molecule has 1 unspecified atom stereocenters. The Morgan fingerprint density at radius 2 is 1.92 bits per heavy atom. The average Bonchev–Trinajstić information content (AvgIpc) is 2.55. The van der Waals surface area contributed by atoms with E-state index in [0.717, 1.165) is 13.2 Å². The third-order valence-electron chi connectivity index (χ3n) is 3.32. The number of piperidine rings is 1. The van der Waals surface area contributed by atoms with Gasteiger partial charge in [-0.05, 0) is 39.3 Å². The van der Waals surface area contributed by atoms with Gasteiger partial charge in [-0.1, -0.05) is 6.42 Å². The lowest BCUT2D eigenvalue weighted by atomic mass is 9.96. The van der Waals surface area contributed by atoms with Crippen LogP contribution in [-0.4, -0.2) is 36.7 Å². The Bertz CT molecular complexity index is 146. The summed E-state index contributed by atoms with van der Waals surface area (Å²) in [6, 6.07) is 0. The minimum absolute atomic E-state index is 0.375. The third-order valence-corrected chi connectivity index (χ3v) is 3.32. The van der Waals surface area contributed by atoms with Crippen LogP contribution in [0.3, 0.4) is 0 Å². The van der Waals surface area contributed by atoms with Crippen molar-refractivity contribution < 1.29 is 4.74 Å². The normalized spacial score (nSPS) is 38.8. The first-order chi connectivity index (χ1) is 5.81. The molecule has 0 spiro atoms. The molecule has 0 N–H and O–H groups in total. The zero-order chi connectivity index (χ0) is 8.44. The quantitative estimate of drug-likeness (QED) is 0.592. The summed E-state index contributed by atoms with van der Waals surface area (Å²) < 4.78 is 5.47. The first-order valence-electron chi connectivity index (χ1n) is 5.14. The van der Waals surface area contributed by atoms with Crippen LogP contribution in [0.4, 0.5) is 0 Å². The number of hydrogen-bond donors (Lipinski definition) is 0. The van der Waals surface area contributed by atoms with Gasteiger partial charge in [0.15, 0.2) is 0 Å². The van der Waals surface area contributed by atoms with Gasteiger partial charge in [0.1, 0.15) is 0 Å². The number of likely N-dealkylation sites (tertiary alicyclic amines) is 1. The van der Waals surface area contributed by atoms with Crippen LogP contribution in [0.15, 0.2) is 0 Å². The molecular weight excluding hydrogens is 150 g/mol. The fourth-order valence-electron chi connectivity index (χ4n) is 2.34. The molecule has 70 valence electrons. The molecule has 0 amide bonds. The Labute approximate surface area is 74.9 Å². The largest absolute Gasteiger partial charge is 0.379 e. The Morgan fingerprint density at radius 3 is 2.50 bits per heavy atom. The van der Waals surface area contributed by atoms with Crippen LogP contribution in [0, 0.1) is 0 Å². The van der Waals surface area contributed by atoms with Crippen LogP contribution in [0.5, 0.6) is 0 Å². The molecule has 2 heteroatoms. The van der Waals surface area contributed by atoms with Gasteiger partial charge in [-0.2, -0.15) is 0 Å². The van der Waals surface area contributed by atoms with E-state index in [1.54, 1.807) is 0 Å². The molecule has 0 saturated carbocycles. The van der Waals surface area contributed by atoms with E-state index in [0.29, 0.717) is 5.54 Å². The first kappa shape index (κ1) is 8.52. The molecular formula is C10H19NO. The molecule has 2 rings (SSSR count). The number of nitrogens with zero attached hydrogens (tertiary/aromatic N) is 1. The van der Waals surface area contributed by atoms with Crippen molar-refractivity contribution >= 4 is 0 Å². The van der Waals surface area contributed by atoms with E-state index < -0.39 is 0 Å². The molecule has 2 aliphatic rings. The van der Waals surface area contributed by atoms with Gasteiger partial charge in [-0.3, -0.25) is 4.90 Å². The minimum Gasteiger partial charge on any atom is -0.379 e. The van der Waals surface area contributed by atoms with Crippen LogP contribution >= 0.6 is 0 Å². The van der Waals surface area contributed by atoms with Crippen molar-refractivity contribution in [2.75, 3.05) is 26.3 Å². The van der Waals surface area contributed by atoms with Gasteiger partial charge in [0.25, 0.3) is 0 Å². The Balaban J connectivity index is 1.96. The van der Waals surface area contributed by atoms with E-state index in [1.165, 1.54) is 38.8 Å². The summed E-state index contributed by atoms with van der Waals surface area (Å²) in [6.07, 6.45) is 5.42. The maximum absolute atomic E-state index is 5.47. The lowest BCUT2D eigenvalue weighted by Gasteiger charge is -2.39. The number of ether oxygens (including phenoxy) is 1. The molecule has 2 heterocycles. The highest BCUT2D eigenvalue weighted by molar-refractivity contribution is 4.90. The third kappa shape index (κ3) is 1.50. The van der Waals surface area contributed by atoms with E-state index in [1.807, 2.05) is 0 Å². The van der Waals surface area contributed by atoms with Crippen molar-refractivity contribution in [1.29, 1.82) is 0 Å². The van der Waals surface area contributed by atoms with Crippen molar-refractivity contribution in [2.45, 2.75) is 38.1 Å². The summed E-state index contributed by atoms with van der Waals surface area (Å²) in [6.45, 7) is 6.85. The lowest BCUT2D eigenvalue weighted by molar-refractivity contribution is 0.0634. The van der Waals surface area contributed by atoms with Crippen LogP contribution in [-0.2, 0) is 4.74 Å². The molecule has 0 aromatic heterocycles. The minimum atomic E-state index is 0.375. The van der Waals surface area contributed by atoms with Crippen LogP contribution in [0.25, 0.3) is 0 Å². The fraction of sp³-hybridized carbons (Fsp3) is 1.00. The van der Waals surface area contributed by atoms with Crippen LogP contribution in [0.1, 0.15) is 32.6 Å². The monoisotopic (exact) mass is 169 g/mol. The predicted octanol–water partition coefficient (Wildman–Crippen LogP) is 1.65. The van der Waals surface area contributed by atoms with Gasteiger partial charge in [0.2, 0.25) is 0 Å². The molecule has 2 fully saturated rings. The van der Waals surface area contributed by atoms with E-state index in [9.17, 15) is 0 Å². The molecule has 0 aliphatic carbocycles. The Hall–Kier alpha value is -0.0800. The van der Waals surface area contributed by atoms with Gasteiger partial charge < -0.3 is 4.74 Å². The first-order valence-corrected chi connectivity index (χ1v) is 5.14. The zero-order valence-electron chi connectivity index (χ0n) is 8.01. The van der Waals surface area contributed by atoms with Gasteiger partial charge >= 0.3 is 0 Å². The van der Waals surface area contributed by atoms with E-state index in [-0.39, 0.29) is 0 Å². The zero-order valence-corrected chi connectivity index (χ0v) is 8.01. The molecule has 0 aromatic rings. The predicted molar refractivity (Wildman–Crippen MR) is 49.3 cm³/mol. The molecule has 2 nitrogen and oxygen atoms in total. The van der Waals surface area contributed by atoms with Crippen molar-refractivity contribution in [3.05, 3.63) is 0 Å². The topological polar surface area (TPSA) is 12.5 Å². The Morgan fingerprint density at radius 1 is 1.17 bits per heavy atom. The molecule has 2 saturated heterocycles. The summed E-state index contributed by atoms with van der Waals surface area (Å²) in [4.78, 5) is 2.63. The second-order valence-corrected chi connectivity index (χ2v) is 4.35. The second kappa shape index (κ2) is 3.35. The van der Waals surface area contributed by atoms with Crippen molar-refractivity contribution in [2.24, 2.45) is 0 Å². The van der Waals surface area contributed by atoms with Gasteiger partial charge in [-0.15, -0.1) is 0 Å². The van der Waals surface area contributed by atoms with Crippen molar-refractivity contribution in [1.82, 2.24) is 4.90 Å². The molecule has 1 atom stereocenters. The number of rotatable bonds is 1. The molecule has 2 aliphatic heterocycles.